The lowest BCUT2D eigenvalue weighted by Crippen LogP contribution is -2.39. The van der Waals surface area contributed by atoms with Crippen LogP contribution in [0.3, 0.4) is 0 Å². The molecule has 0 aromatic carbocycles. The zero-order valence-corrected chi connectivity index (χ0v) is 14.3. The minimum atomic E-state index is -1.61. The maximum Gasteiger partial charge on any atom is 0.348 e. The van der Waals surface area contributed by atoms with Crippen LogP contribution in [0.4, 0.5) is 0 Å². The molecule has 21 heavy (non-hydrogen) atoms. The fraction of sp³-hybridized carbons (Fsp3) is 0.643. The first-order valence-electron chi connectivity index (χ1n) is 6.45. The normalized spacial score (nSPS) is 13.2. The summed E-state index contributed by atoms with van der Waals surface area (Å²) in [5.74, 6) is -0.282. The molecule has 0 aromatic heterocycles. The first-order chi connectivity index (χ1) is 9.62. The summed E-state index contributed by atoms with van der Waals surface area (Å²) < 4.78 is 14.1. The number of rotatable bonds is 5. The number of ether oxygens (including phenoxy) is 3. The van der Waals surface area contributed by atoms with Crippen molar-refractivity contribution < 1.29 is 28.6 Å². The molecule has 0 aliphatic rings. The molecule has 7 heteroatoms. The third kappa shape index (κ3) is 7.51. The monoisotopic (exact) mass is 314 g/mol. The van der Waals surface area contributed by atoms with Gasteiger partial charge in [0.25, 0.3) is 0 Å². The molecule has 0 aliphatic carbocycles. The molecule has 0 unspecified atom stereocenters. The number of esters is 3. The van der Waals surface area contributed by atoms with Crippen LogP contribution in [0.2, 0.25) is 19.6 Å². The molecule has 0 spiro atoms. The third-order valence-corrected chi connectivity index (χ3v) is 3.31. The molecule has 0 fully saturated rings. The van der Waals surface area contributed by atoms with Crippen molar-refractivity contribution in [2.75, 3.05) is 14.2 Å². The standard InChI is InChI=1S/C14H22O6Si/c1-10(15)20-12(14(17)19-3)11(13(16)18-2)8-7-9-21(4,5)6/h11-12H,8H2,1-6H3/t11-,12-/m1/s1. The Labute approximate surface area is 126 Å². The van der Waals surface area contributed by atoms with Gasteiger partial charge >= 0.3 is 17.9 Å². The highest BCUT2D eigenvalue weighted by molar-refractivity contribution is 6.83. The van der Waals surface area contributed by atoms with Crippen molar-refractivity contribution in [3.63, 3.8) is 0 Å². The molecule has 0 saturated heterocycles. The largest absolute Gasteiger partial charge is 0.469 e. The van der Waals surface area contributed by atoms with Gasteiger partial charge in [0, 0.05) is 13.3 Å². The van der Waals surface area contributed by atoms with Crippen LogP contribution in [0.1, 0.15) is 13.3 Å². The van der Waals surface area contributed by atoms with Gasteiger partial charge in [0.15, 0.2) is 0 Å². The first-order valence-corrected chi connectivity index (χ1v) is 9.95. The summed E-state index contributed by atoms with van der Waals surface area (Å²) >= 11 is 0. The fourth-order valence-electron chi connectivity index (χ4n) is 1.48. The van der Waals surface area contributed by atoms with Crippen LogP contribution >= 0.6 is 0 Å². The quantitative estimate of drug-likeness (QED) is 0.328. The highest BCUT2D eigenvalue weighted by atomic mass is 28.3. The van der Waals surface area contributed by atoms with E-state index in [4.69, 9.17) is 4.74 Å². The summed E-state index contributed by atoms with van der Waals surface area (Å²) in [7, 11) is 0.743. The van der Waals surface area contributed by atoms with E-state index >= 15 is 0 Å². The molecular formula is C14H22O6Si. The van der Waals surface area contributed by atoms with Crippen molar-refractivity contribution in [2.24, 2.45) is 5.92 Å². The van der Waals surface area contributed by atoms with Crippen LogP contribution in [-0.2, 0) is 28.6 Å². The highest BCUT2D eigenvalue weighted by Crippen LogP contribution is 2.16. The van der Waals surface area contributed by atoms with E-state index < -0.39 is 38.0 Å². The van der Waals surface area contributed by atoms with E-state index in [1.54, 1.807) is 0 Å². The van der Waals surface area contributed by atoms with Gasteiger partial charge in [0.2, 0.25) is 6.10 Å². The second-order valence-electron chi connectivity index (χ2n) is 5.44. The van der Waals surface area contributed by atoms with Gasteiger partial charge in [-0.2, -0.15) is 0 Å². The van der Waals surface area contributed by atoms with E-state index in [0.717, 1.165) is 14.0 Å². The van der Waals surface area contributed by atoms with Gasteiger partial charge in [-0.05, 0) is 0 Å². The number of carbonyl (C=O) groups excluding carboxylic acids is 3. The van der Waals surface area contributed by atoms with E-state index in [2.05, 4.69) is 40.6 Å². The van der Waals surface area contributed by atoms with E-state index in [0.29, 0.717) is 0 Å². The average Bonchev–Trinajstić information content (AvgIpc) is 2.38. The number of hydrogen-bond acceptors (Lipinski definition) is 6. The average molecular weight is 314 g/mol. The maximum absolute atomic E-state index is 11.8. The molecule has 2 atom stereocenters. The van der Waals surface area contributed by atoms with Crippen molar-refractivity contribution in [2.45, 2.75) is 39.1 Å². The molecule has 118 valence electrons. The second kappa shape index (κ2) is 8.47. The van der Waals surface area contributed by atoms with Crippen LogP contribution in [-0.4, -0.2) is 46.3 Å². The summed E-state index contributed by atoms with van der Waals surface area (Å²) in [6.45, 7) is 7.31. The number of methoxy groups -OCH3 is 2. The van der Waals surface area contributed by atoms with E-state index in [1.165, 1.54) is 7.11 Å². The Kier molecular flexibility index (Phi) is 7.74. The summed E-state index contributed by atoms with van der Waals surface area (Å²) in [5, 5.41) is 0. The Hall–Kier alpha value is -1.81. The van der Waals surface area contributed by atoms with E-state index in [9.17, 15) is 14.4 Å². The van der Waals surface area contributed by atoms with Crippen LogP contribution in [0.15, 0.2) is 0 Å². The lowest BCUT2D eigenvalue weighted by molar-refractivity contribution is -0.174. The van der Waals surface area contributed by atoms with Crippen molar-refractivity contribution in [1.82, 2.24) is 0 Å². The molecule has 0 heterocycles. The molecule has 6 nitrogen and oxygen atoms in total. The van der Waals surface area contributed by atoms with Crippen molar-refractivity contribution in [3.8, 4) is 11.5 Å². The van der Waals surface area contributed by atoms with Crippen molar-refractivity contribution in [1.29, 1.82) is 0 Å². The van der Waals surface area contributed by atoms with Crippen molar-refractivity contribution >= 4 is 26.0 Å². The Morgan fingerprint density at radius 3 is 1.95 bits per heavy atom. The zero-order chi connectivity index (χ0) is 16.6. The number of hydrogen-bond donors (Lipinski definition) is 0. The zero-order valence-electron chi connectivity index (χ0n) is 13.3. The molecule has 0 rings (SSSR count). The molecule has 0 amide bonds. The minimum absolute atomic E-state index is 0.0595. The predicted octanol–water partition coefficient (Wildman–Crippen LogP) is 1.15. The second-order valence-corrected chi connectivity index (χ2v) is 10.2. The topological polar surface area (TPSA) is 78.9 Å². The van der Waals surface area contributed by atoms with Gasteiger partial charge in [-0.1, -0.05) is 19.6 Å². The molecule has 0 radical (unpaired) electrons. The molecule has 0 aromatic rings. The third-order valence-electron chi connectivity index (χ3n) is 2.38. The Morgan fingerprint density at radius 2 is 1.57 bits per heavy atom. The molecule has 0 saturated carbocycles. The van der Waals surface area contributed by atoms with E-state index in [1.807, 2.05) is 0 Å². The smallest absolute Gasteiger partial charge is 0.348 e. The summed E-state index contributed by atoms with van der Waals surface area (Å²) in [6.07, 6.45) is -1.29. The van der Waals surface area contributed by atoms with Crippen LogP contribution in [0, 0.1) is 17.4 Å². The molecule has 0 N–H and O–H groups in total. The van der Waals surface area contributed by atoms with Crippen LogP contribution < -0.4 is 0 Å². The first kappa shape index (κ1) is 19.2. The van der Waals surface area contributed by atoms with Gasteiger partial charge in [-0.15, -0.1) is 11.5 Å². The highest BCUT2D eigenvalue weighted by Gasteiger charge is 2.37. The maximum atomic E-state index is 11.8. The summed E-state index contributed by atoms with van der Waals surface area (Å²) in [4.78, 5) is 34.7. The SMILES string of the molecule is COC(=O)[C@H](CC#C[Si](C)(C)C)[C@@H](OC(C)=O)C(=O)OC. The Bertz CT molecular complexity index is 454. The van der Waals surface area contributed by atoms with E-state index in [-0.39, 0.29) is 6.42 Å². The minimum Gasteiger partial charge on any atom is -0.469 e. The Morgan fingerprint density at radius 1 is 1.05 bits per heavy atom. The molecular weight excluding hydrogens is 292 g/mol. The summed E-state index contributed by atoms with van der Waals surface area (Å²) in [6, 6.07) is 0. The van der Waals surface area contributed by atoms with Gasteiger partial charge in [0.05, 0.1) is 14.2 Å². The molecule has 0 aliphatic heterocycles. The van der Waals surface area contributed by atoms with Crippen LogP contribution in [0.5, 0.6) is 0 Å². The van der Waals surface area contributed by atoms with Gasteiger partial charge in [-0.25, -0.2) is 4.79 Å². The lowest BCUT2D eigenvalue weighted by Gasteiger charge is -2.21. The van der Waals surface area contributed by atoms with Gasteiger partial charge in [-0.3, -0.25) is 9.59 Å². The lowest BCUT2D eigenvalue weighted by atomic mass is 9.99. The van der Waals surface area contributed by atoms with Gasteiger partial charge in [0.1, 0.15) is 14.0 Å². The molecule has 0 bridgehead atoms. The number of carbonyl (C=O) groups is 3. The predicted molar refractivity (Wildman–Crippen MR) is 78.8 cm³/mol. The fourth-order valence-corrected chi connectivity index (χ4v) is 2.11. The van der Waals surface area contributed by atoms with Gasteiger partial charge < -0.3 is 14.2 Å². The van der Waals surface area contributed by atoms with Crippen LogP contribution in [0.25, 0.3) is 0 Å². The van der Waals surface area contributed by atoms with Crippen molar-refractivity contribution in [3.05, 3.63) is 0 Å². The summed E-state index contributed by atoms with van der Waals surface area (Å²) in [5.41, 5.74) is 3.08. The Balaban J connectivity index is 5.31.